The van der Waals surface area contributed by atoms with Gasteiger partial charge >= 0.3 is 0 Å². The predicted molar refractivity (Wildman–Crippen MR) is 82.7 cm³/mol. The zero-order chi connectivity index (χ0) is 13.9. The van der Waals surface area contributed by atoms with Crippen LogP contribution < -0.4 is 0 Å². The van der Waals surface area contributed by atoms with E-state index in [1.807, 2.05) is 6.07 Å². The molecule has 0 bridgehead atoms. The molecule has 0 heterocycles. The molecule has 19 heavy (non-hydrogen) atoms. The average molecular weight is 320 g/mol. The van der Waals surface area contributed by atoms with Crippen molar-refractivity contribution in [2.24, 2.45) is 17.3 Å². The number of benzene rings is 1. The van der Waals surface area contributed by atoms with Crippen LogP contribution >= 0.6 is 15.9 Å². The van der Waals surface area contributed by atoms with Crippen LogP contribution in [0.15, 0.2) is 28.7 Å². The van der Waals surface area contributed by atoms with Crippen molar-refractivity contribution in [3.05, 3.63) is 34.3 Å². The molecule has 1 aromatic rings. The van der Waals surface area contributed by atoms with Gasteiger partial charge in [-0.25, -0.2) is 0 Å². The smallest absolute Gasteiger partial charge is 0.0693 e. The minimum atomic E-state index is -0.133. The number of halogens is 1. The lowest BCUT2D eigenvalue weighted by Crippen LogP contribution is -2.30. The molecular formula is C17H22BrN. The van der Waals surface area contributed by atoms with Crippen molar-refractivity contribution >= 4 is 15.9 Å². The summed E-state index contributed by atoms with van der Waals surface area (Å²) in [5.41, 5.74) is 1.14. The average Bonchev–Trinajstić information content (AvgIpc) is 2.39. The summed E-state index contributed by atoms with van der Waals surface area (Å²) in [5.74, 6) is 1.56. The Kier molecular flexibility index (Phi) is 4.68. The maximum Gasteiger partial charge on any atom is 0.0693 e. The third kappa shape index (κ3) is 3.60. The van der Waals surface area contributed by atoms with Crippen molar-refractivity contribution in [3.8, 4) is 6.07 Å². The Morgan fingerprint density at radius 1 is 1.37 bits per heavy atom. The second-order valence-electron chi connectivity index (χ2n) is 6.28. The normalized spacial score (nSPS) is 27.2. The van der Waals surface area contributed by atoms with Gasteiger partial charge in [-0.1, -0.05) is 41.9 Å². The minimum absolute atomic E-state index is 0.133. The quantitative estimate of drug-likeness (QED) is 0.736. The molecule has 1 aliphatic rings. The van der Waals surface area contributed by atoms with Gasteiger partial charge in [0.05, 0.1) is 11.5 Å². The Labute approximate surface area is 125 Å². The molecular weight excluding hydrogens is 298 g/mol. The number of nitrogens with zero attached hydrogens (tertiary/aromatic N) is 1. The van der Waals surface area contributed by atoms with E-state index in [9.17, 15) is 5.26 Å². The topological polar surface area (TPSA) is 23.8 Å². The van der Waals surface area contributed by atoms with Gasteiger partial charge in [0, 0.05) is 4.47 Å². The third-order valence-electron chi connectivity index (χ3n) is 4.60. The van der Waals surface area contributed by atoms with Crippen LogP contribution in [0.5, 0.6) is 0 Å². The summed E-state index contributed by atoms with van der Waals surface area (Å²) in [6.45, 7) is 4.61. The van der Waals surface area contributed by atoms with Gasteiger partial charge in [-0.15, -0.1) is 0 Å². The fourth-order valence-corrected chi connectivity index (χ4v) is 3.67. The molecule has 2 heteroatoms. The van der Waals surface area contributed by atoms with Crippen molar-refractivity contribution in [1.82, 2.24) is 0 Å². The zero-order valence-electron chi connectivity index (χ0n) is 11.8. The van der Waals surface area contributed by atoms with Crippen molar-refractivity contribution in [3.63, 3.8) is 0 Å². The van der Waals surface area contributed by atoms with E-state index in [4.69, 9.17) is 0 Å². The van der Waals surface area contributed by atoms with Crippen LogP contribution in [-0.4, -0.2) is 0 Å². The van der Waals surface area contributed by atoms with Crippen molar-refractivity contribution in [2.75, 3.05) is 0 Å². The molecule has 0 radical (unpaired) electrons. The minimum Gasteiger partial charge on any atom is -0.198 e. The van der Waals surface area contributed by atoms with Crippen LogP contribution in [0.2, 0.25) is 0 Å². The SMILES string of the molecule is CC(C)C1CCC(C#N)(Cc2cccc(Br)c2)CC1. The highest BCUT2D eigenvalue weighted by molar-refractivity contribution is 9.10. The molecule has 0 aromatic heterocycles. The number of hydrogen-bond acceptors (Lipinski definition) is 1. The molecule has 1 aromatic carbocycles. The fraction of sp³-hybridized carbons (Fsp3) is 0.588. The molecule has 1 fully saturated rings. The summed E-state index contributed by atoms with van der Waals surface area (Å²) in [4.78, 5) is 0. The summed E-state index contributed by atoms with van der Waals surface area (Å²) in [6, 6.07) is 11.0. The summed E-state index contributed by atoms with van der Waals surface area (Å²) in [6.07, 6.45) is 5.42. The van der Waals surface area contributed by atoms with Crippen molar-refractivity contribution in [2.45, 2.75) is 46.0 Å². The van der Waals surface area contributed by atoms with E-state index in [0.29, 0.717) is 0 Å². The second-order valence-corrected chi connectivity index (χ2v) is 7.20. The lowest BCUT2D eigenvalue weighted by Gasteiger charge is -2.36. The Bertz CT molecular complexity index is 464. The highest BCUT2D eigenvalue weighted by atomic mass is 79.9. The molecule has 0 aliphatic heterocycles. The predicted octanol–water partition coefficient (Wildman–Crippen LogP) is 5.35. The van der Waals surface area contributed by atoms with Crippen LogP contribution in [0.4, 0.5) is 0 Å². The van der Waals surface area contributed by atoms with Gasteiger partial charge in [-0.2, -0.15) is 5.26 Å². The highest BCUT2D eigenvalue weighted by Gasteiger charge is 2.36. The molecule has 102 valence electrons. The summed E-state index contributed by atoms with van der Waals surface area (Å²) in [5, 5.41) is 9.64. The van der Waals surface area contributed by atoms with Gasteiger partial charge in [0.25, 0.3) is 0 Å². The van der Waals surface area contributed by atoms with E-state index in [0.717, 1.165) is 35.6 Å². The first-order valence-corrected chi connectivity index (χ1v) is 8.00. The fourth-order valence-electron chi connectivity index (χ4n) is 3.23. The standard InChI is InChI=1S/C17H22BrN/c1-13(2)15-6-8-17(12-19,9-7-15)11-14-4-3-5-16(18)10-14/h3-5,10,13,15H,6-9,11H2,1-2H3. The third-order valence-corrected chi connectivity index (χ3v) is 5.09. The maximum absolute atomic E-state index is 9.64. The lowest BCUT2D eigenvalue weighted by molar-refractivity contribution is 0.175. The first-order chi connectivity index (χ1) is 9.04. The number of nitriles is 1. The molecule has 0 amide bonds. The number of rotatable bonds is 3. The van der Waals surface area contributed by atoms with Gasteiger partial charge in [0.1, 0.15) is 0 Å². The lowest BCUT2D eigenvalue weighted by atomic mass is 9.66. The summed E-state index contributed by atoms with van der Waals surface area (Å²) in [7, 11) is 0. The Morgan fingerprint density at radius 3 is 2.58 bits per heavy atom. The number of hydrogen-bond donors (Lipinski definition) is 0. The molecule has 0 saturated heterocycles. The van der Waals surface area contributed by atoms with E-state index >= 15 is 0 Å². The Morgan fingerprint density at radius 2 is 2.05 bits per heavy atom. The molecule has 1 aliphatic carbocycles. The highest BCUT2D eigenvalue weighted by Crippen LogP contribution is 2.43. The Hall–Kier alpha value is -0.810. The Balaban J connectivity index is 2.07. The molecule has 1 saturated carbocycles. The van der Waals surface area contributed by atoms with Gasteiger partial charge in [-0.3, -0.25) is 0 Å². The van der Waals surface area contributed by atoms with E-state index in [-0.39, 0.29) is 5.41 Å². The summed E-state index contributed by atoms with van der Waals surface area (Å²) >= 11 is 3.51. The van der Waals surface area contributed by atoms with Crippen LogP contribution in [0.1, 0.15) is 45.1 Å². The zero-order valence-corrected chi connectivity index (χ0v) is 13.4. The van der Waals surface area contributed by atoms with E-state index < -0.39 is 0 Å². The molecule has 0 atom stereocenters. The second kappa shape index (κ2) is 6.09. The van der Waals surface area contributed by atoms with Gasteiger partial charge in [-0.05, 0) is 61.6 Å². The van der Waals surface area contributed by atoms with Crippen molar-refractivity contribution < 1.29 is 0 Å². The molecule has 0 spiro atoms. The van der Waals surface area contributed by atoms with E-state index in [1.54, 1.807) is 0 Å². The largest absolute Gasteiger partial charge is 0.198 e. The van der Waals surface area contributed by atoms with E-state index in [1.165, 1.54) is 18.4 Å². The van der Waals surface area contributed by atoms with Gasteiger partial charge in [0.2, 0.25) is 0 Å². The molecule has 0 N–H and O–H groups in total. The van der Waals surface area contributed by atoms with E-state index in [2.05, 4.69) is 54.0 Å². The monoisotopic (exact) mass is 319 g/mol. The van der Waals surface area contributed by atoms with Crippen LogP contribution in [-0.2, 0) is 6.42 Å². The van der Waals surface area contributed by atoms with Crippen LogP contribution in [0.3, 0.4) is 0 Å². The first kappa shape index (κ1) is 14.6. The maximum atomic E-state index is 9.64. The van der Waals surface area contributed by atoms with Crippen LogP contribution in [0, 0.1) is 28.6 Å². The van der Waals surface area contributed by atoms with Gasteiger partial charge in [0.15, 0.2) is 0 Å². The first-order valence-electron chi connectivity index (χ1n) is 7.20. The van der Waals surface area contributed by atoms with Gasteiger partial charge < -0.3 is 0 Å². The molecule has 2 rings (SSSR count). The summed E-state index contributed by atoms with van der Waals surface area (Å²) < 4.78 is 1.11. The van der Waals surface area contributed by atoms with Crippen LogP contribution in [0.25, 0.3) is 0 Å². The molecule has 1 nitrogen and oxygen atoms in total. The molecule has 0 unspecified atom stereocenters. The van der Waals surface area contributed by atoms with Crippen molar-refractivity contribution in [1.29, 1.82) is 5.26 Å².